The molecule has 0 saturated carbocycles. The fourth-order valence-electron chi connectivity index (χ4n) is 2.83. The lowest BCUT2D eigenvalue weighted by Gasteiger charge is -2.45. The minimum absolute atomic E-state index is 0.0628. The lowest BCUT2D eigenvalue weighted by molar-refractivity contribution is -0.357. The third-order valence-corrected chi connectivity index (χ3v) is 4.72. The zero-order valence-electron chi connectivity index (χ0n) is 13.6. The highest BCUT2D eigenvalue weighted by Gasteiger charge is 2.54. The van der Waals surface area contributed by atoms with Crippen molar-refractivity contribution < 1.29 is 48.5 Å². The van der Waals surface area contributed by atoms with E-state index >= 15 is 0 Å². The Morgan fingerprint density at radius 2 is 1.78 bits per heavy atom. The highest BCUT2D eigenvalue weighted by molar-refractivity contribution is 7.46. The molecule has 0 amide bonds. The molecular weight excluding hydrogens is 387 g/mol. The first-order valence-electron chi connectivity index (χ1n) is 7.70. The number of ether oxygens (including phenoxy) is 1. The second-order valence-corrected chi connectivity index (χ2v) is 7.31. The summed E-state index contributed by atoms with van der Waals surface area (Å²) in [6.07, 6.45) is -7.33. The lowest BCUT2D eigenvalue weighted by Crippen LogP contribution is -2.63. The molecule has 0 spiro atoms. The second kappa shape index (κ2) is 7.06. The van der Waals surface area contributed by atoms with E-state index in [0.717, 1.165) is 0 Å². The van der Waals surface area contributed by atoms with Crippen LogP contribution in [-0.2, 0) is 19.6 Å². The molecule has 1 fully saturated rings. The zero-order chi connectivity index (χ0) is 20.0. The predicted molar refractivity (Wildman–Crippen MR) is 87.3 cm³/mol. The number of hydrogen-bond donors (Lipinski definition) is 6. The summed E-state index contributed by atoms with van der Waals surface area (Å²) < 4.78 is 25.3. The van der Waals surface area contributed by atoms with Gasteiger partial charge in [0.1, 0.15) is 30.0 Å². The van der Waals surface area contributed by atoms with Crippen LogP contribution in [0, 0.1) is 0 Å². The van der Waals surface area contributed by atoms with Gasteiger partial charge in [0.2, 0.25) is 5.79 Å². The van der Waals surface area contributed by atoms with E-state index in [-0.39, 0.29) is 11.1 Å². The minimum Gasteiger partial charge on any atom is -0.423 e. The van der Waals surface area contributed by atoms with Crippen molar-refractivity contribution in [2.24, 2.45) is 0 Å². The molecule has 3 rings (SSSR count). The van der Waals surface area contributed by atoms with Gasteiger partial charge < -0.3 is 39.4 Å². The molecule has 148 valence electrons. The largest absolute Gasteiger partial charge is 0.469 e. The average Bonchev–Trinajstić information content (AvgIpc) is 2.60. The molecular formula is C15H17O11P. The summed E-state index contributed by atoms with van der Waals surface area (Å²) in [5.74, 6) is -2.58. The molecule has 1 aliphatic rings. The number of hydrogen-bond acceptors (Lipinski definition) is 9. The number of phosphoric ester groups is 1. The van der Waals surface area contributed by atoms with Gasteiger partial charge in [-0.2, -0.15) is 0 Å². The van der Waals surface area contributed by atoms with Crippen LogP contribution in [0.25, 0.3) is 11.0 Å². The fraction of sp³-hybridized carbons (Fsp3) is 0.400. The van der Waals surface area contributed by atoms with Gasteiger partial charge in [0, 0.05) is 17.0 Å². The lowest BCUT2D eigenvalue weighted by atomic mass is 9.88. The third kappa shape index (κ3) is 3.97. The molecule has 1 unspecified atom stereocenters. The SMILES string of the molecule is O=c1ccc2ccc(C3(O)O[C@H](COP(=O)(O)O)[C@H](O)[C@H](O)[C@H]3O)cc2o1. The van der Waals surface area contributed by atoms with Gasteiger partial charge in [-0.1, -0.05) is 12.1 Å². The van der Waals surface area contributed by atoms with E-state index in [0.29, 0.717) is 5.39 Å². The zero-order valence-corrected chi connectivity index (χ0v) is 14.5. The van der Waals surface area contributed by atoms with Crippen molar-refractivity contribution in [3.05, 3.63) is 46.3 Å². The molecule has 6 N–H and O–H groups in total. The summed E-state index contributed by atoms with van der Waals surface area (Å²) in [5.41, 5.74) is -0.711. The van der Waals surface area contributed by atoms with Crippen LogP contribution in [0.4, 0.5) is 0 Å². The van der Waals surface area contributed by atoms with E-state index < -0.39 is 50.3 Å². The van der Waals surface area contributed by atoms with Crippen LogP contribution in [0.3, 0.4) is 0 Å². The van der Waals surface area contributed by atoms with Gasteiger partial charge in [-0.3, -0.25) is 4.52 Å². The third-order valence-electron chi connectivity index (χ3n) is 4.23. The summed E-state index contributed by atoms with van der Waals surface area (Å²) in [6, 6.07) is 6.66. The highest BCUT2D eigenvalue weighted by Crippen LogP contribution is 2.40. The van der Waals surface area contributed by atoms with Gasteiger partial charge in [-0.05, 0) is 12.1 Å². The average molecular weight is 404 g/mol. The summed E-state index contributed by atoms with van der Waals surface area (Å²) in [5, 5.41) is 41.5. The molecule has 0 radical (unpaired) electrons. The molecule has 1 aromatic carbocycles. The molecule has 1 aromatic heterocycles. The van der Waals surface area contributed by atoms with Crippen LogP contribution in [0.2, 0.25) is 0 Å². The molecule has 1 aliphatic heterocycles. The first kappa shape index (κ1) is 20.1. The van der Waals surface area contributed by atoms with Gasteiger partial charge in [-0.15, -0.1) is 0 Å². The molecule has 0 aliphatic carbocycles. The molecule has 5 atom stereocenters. The van der Waals surface area contributed by atoms with Crippen LogP contribution in [0.1, 0.15) is 5.56 Å². The van der Waals surface area contributed by atoms with Crippen LogP contribution in [0.15, 0.2) is 39.5 Å². The first-order valence-corrected chi connectivity index (χ1v) is 9.23. The molecule has 1 saturated heterocycles. The van der Waals surface area contributed by atoms with E-state index in [2.05, 4.69) is 4.52 Å². The molecule has 2 aromatic rings. The van der Waals surface area contributed by atoms with Crippen molar-refractivity contribution in [3.63, 3.8) is 0 Å². The smallest absolute Gasteiger partial charge is 0.423 e. The van der Waals surface area contributed by atoms with E-state index in [1.165, 1.54) is 30.3 Å². The summed E-state index contributed by atoms with van der Waals surface area (Å²) in [7, 11) is -4.91. The minimum atomic E-state index is -4.91. The van der Waals surface area contributed by atoms with E-state index in [4.69, 9.17) is 18.9 Å². The topological polar surface area (TPSA) is 187 Å². The molecule has 11 nitrogen and oxygen atoms in total. The monoisotopic (exact) mass is 404 g/mol. The summed E-state index contributed by atoms with van der Waals surface area (Å²) >= 11 is 0. The summed E-state index contributed by atoms with van der Waals surface area (Å²) in [4.78, 5) is 28.9. The van der Waals surface area contributed by atoms with Crippen LogP contribution >= 0.6 is 7.82 Å². The number of fused-ring (bicyclic) bond motifs is 1. The van der Waals surface area contributed by atoms with Gasteiger partial charge in [0.15, 0.2) is 0 Å². The van der Waals surface area contributed by atoms with Crippen molar-refractivity contribution in [2.45, 2.75) is 30.2 Å². The Bertz CT molecular complexity index is 937. The molecule has 0 bridgehead atoms. The van der Waals surface area contributed by atoms with Gasteiger partial charge in [-0.25, -0.2) is 9.36 Å². The van der Waals surface area contributed by atoms with Crippen LogP contribution < -0.4 is 5.63 Å². The maximum Gasteiger partial charge on any atom is 0.469 e. The molecule has 2 heterocycles. The Balaban J connectivity index is 1.98. The normalized spacial score (nSPS) is 31.9. The Kier molecular flexibility index (Phi) is 5.25. The molecule has 27 heavy (non-hydrogen) atoms. The van der Waals surface area contributed by atoms with Crippen molar-refractivity contribution in [1.82, 2.24) is 0 Å². The Hall–Kier alpha value is -1.66. The van der Waals surface area contributed by atoms with Crippen LogP contribution in [-0.4, -0.2) is 61.2 Å². The van der Waals surface area contributed by atoms with Gasteiger partial charge in [0.25, 0.3) is 0 Å². The van der Waals surface area contributed by atoms with E-state index in [1.807, 2.05) is 0 Å². The van der Waals surface area contributed by atoms with Crippen molar-refractivity contribution in [1.29, 1.82) is 0 Å². The van der Waals surface area contributed by atoms with Crippen molar-refractivity contribution in [2.75, 3.05) is 6.61 Å². The van der Waals surface area contributed by atoms with Crippen molar-refractivity contribution >= 4 is 18.8 Å². The van der Waals surface area contributed by atoms with Crippen LogP contribution in [0.5, 0.6) is 0 Å². The number of benzene rings is 1. The number of aliphatic hydroxyl groups excluding tert-OH is 3. The fourth-order valence-corrected chi connectivity index (χ4v) is 3.17. The Morgan fingerprint density at radius 1 is 1.11 bits per heavy atom. The quantitative estimate of drug-likeness (QED) is 0.258. The van der Waals surface area contributed by atoms with Crippen molar-refractivity contribution in [3.8, 4) is 0 Å². The Morgan fingerprint density at radius 3 is 2.44 bits per heavy atom. The number of phosphoric acid groups is 1. The Labute approximate surface area is 151 Å². The van der Waals surface area contributed by atoms with Gasteiger partial charge >= 0.3 is 13.4 Å². The summed E-state index contributed by atoms with van der Waals surface area (Å²) in [6.45, 7) is -0.875. The number of aliphatic hydroxyl groups is 4. The van der Waals surface area contributed by atoms with E-state index in [9.17, 15) is 29.8 Å². The maximum atomic E-state index is 11.4. The predicted octanol–water partition coefficient (Wildman–Crippen LogP) is -1.47. The highest BCUT2D eigenvalue weighted by atomic mass is 31.2. The molecule has 12 heteroatoms. The first-order chi connectivity index (χ1) is 12.5. The standard InChI is InChI=1S/C15H17O11P/c16-11-4-2-7-1-3-8(5-9(7)25-11)15(20)14(19)13(18)12(17)10(26-15)6-24-27(21,22)23/h1-5,10,12-14,17-20H,6H2,(H2,21,22,23)/t10-,12+,13+,14-,15?/m1/s1. The second-order valence-electron chi connectivity index (χ2n) is 6.07. The maximum absolute atomic E-state index is 11.4. The number of rotatable bonds is 4. The van der Waals surface area contributed by atoms with E-state index in [1.54, 1.807) is 0 Å². The van der Waals surface area contributed by atoms with Gasteiger partial charge in [0.05, 0.1) is 6.61 Å².